The molecule has 0 heterocycles. The van der Waals surface area contributed by atoms with Crippen LogP contribution in [0.5, 0.6) is 5.75 Å². The normalized spacial score (nSPS) is 15.5. The molecule has 1 saturated carbocycles. The van der Waals surface area contributed by atoms with Gasteiger partial charge in [-0.1, -0.05) is 60.7 Å². The number of fused-ring (bicyclic) bond motifs is 1. The predicted octanol–water partition coefficient (Wildman–Crippen LogP) is 4.48. The van der Waals surface area contributed by atoms with Gasteiger partial charge in [0.2, 0.25) is 0 Å². The minimum atomic E-state index is -0.438. The van der Waals surface area contributed by atoms with E-state index in [1.165, 1.54) is 0 Å². The van der Waals surface area contributed by atoms with E-state index in [0.717, 1.165) is 29.2 Å². The topological polar surface area (TPSA) is 26.3 Å². The first-order chi connectivity index (χ1) is 10.8. The summed E-state index contributed by atoms with van der Waals surface area (Å²) in [6, 6.07) is 23.8. The number of esters is 1. The van der Waals surface area contributed by atoms with Crippen LogP contribution in [0.25, 0.3) is 10.8 Å². The number of carbonyl (C=O) groups excluding carboxylic acids is 1. The minimum Gasteiger partial charge on any atom is -0.426 e. The Morgan fingerprint density at radius 1 is 0.818 bits per heavy atom. The molecule has 0 amide bonds. The number of rotatable bonds is 3. The van der Waals surface area contributed by atoms with Gasteiger partial charge in [-0.3, -0.25) is 4.79 Å². The molecule has 0 spiro atoms. The van der Waals surface area contributed by atoms with Crippen LogP contribution in [0.4, 0.5) is 0 Å². The maximum atomic E-state index is 12.6. The molecule has 3 aromatic carbocycles. The van der Waals surface area contributed by atoms with E-state index in [1.807, 2.05) is 72.8 Å². The van der Waals surface area contributed by atoms with Gasteiger partial charge in [0.15, 0.2) is 0 Å². The zero-order chi connectivity index (χ0) is 15.0. The fraction of sp³-hybridized carbons (Fsp3) is 0.150. The van der Waals surface area contributed by atoms with E-state index in [2.05, 4.69) is 0 Å². The van der Waals surface area contributed by atoms with Crippen molar-refractivity contribution in [1.82, 2.24) is 0 Å². The average Bonchev–Trinajstić information content (AvgIpc) is 3.37. The first-order valence-corrected chi connectivity index (χ1v) is 7.55. The fourth-order valence-electron chi connectivity index (χ4n) is 2.93. The van der Waals surface area contributed by atoms with E-state index in [1.54, 1.807) is 0 Å². The maximum Gasteiger partial charge on any atom is 0.321 e. The molecule has 0 radical (unpaired) electrons. The summed E-state index contributed by atoms with van der Waals surface area (Å²) in [6.45, 7) is 0. The van der Waals surface area contributed by atoms with Crippen molar-refractivity contribution in [3.05, 3.63) is 78.4 Å². The first-order valence-electron chi connectivity index (χ1n) is 7.55. The molecular formula is C20H16O2. The average molecular weight is 288 g/mol. The van der Waals surface area contributed by atoms with Crippen molar-refractivity contribution in [1.29, 1.82) is 0 Å². The Morgan fingerprint density at radius 2 is 1.50 bits per heavy atom. The molecule has 0 saturated heterocycles. The van der Waals surface area contributed by atoms with Crippen molar-refractivity contribution >= 4 is 16.7 Å². The van der Waals surface area contributed by atoms with Gasteiger partial charge < -0.3 is 4.74 Å². The largest absolute Gasteiger partial charge is 0.426 e. The lowest BCUT2D eigenvalue weighted by molar-refractivity contribution is -0.137. The molecule has 2 heteroatoms. The third kappa shape index (κ3) is 2.17. The summed E-state index contributed by atoms with van der Waals surface area (Å²) >= 11 is 0. The summed E-state index contributed by atoms with van der Waals surface area (Å²) in [6.07, 6.45) is 1.73. The highest BCUT2D eigenvalue weighted by molar-refractivity contribution is 5.90. The van der Waals surface area contributed by atoms with Gasteiger partial charge >= 0.3 is 5.97 Å². The SMILES string of the molecule is O=C(Oc1ccc2ccccc2c1)C1(c2ccccc2)CC1. The van der Waals surface area contributed by atoms with Crippen molar-refractivity contribution < 1.29 is 9.53 Å². The van der Waals surface area contributed by atoms with Gasteiger partial charge in [-0.15, -0.1) is 0 Å². The lowest BCUT2D eigenvalue weighted by atomic mass is 9.96. The Bertz CT molecular complexity index is 832. The van der Waals surface area contributed by atoms with Crippen LogP contribution >= 0.6 is 0 Å². The Kier molecular flexibility index (Phi) is 2.97. The number of ether oxygens (including phenoxy) is 1. The molecule has 0 aliphatic heterocycles. The molecule has 0 atom stereocenters. The summed E-state index contributed by atoms with van der Waals surface area (Å²) in [5, 5.41) is 2.23. The Balaban J connectivity index is 1.61. The standard InChI is InChI=1S/C20H16O2/c21-19(20(12-13-20)17-8-2-1-3-9-17)22-18-11-10-15-6-4-5-7-16(15)14-18/h1-11,14H,12-13H2. The van der Waals surface area contributed by atoms with E-state index in [0.29, 0.717) is 5.75 Å². The Morgan fingerprint density at radius 3 is 2.23 bits per heavy atom. The van der Waals surface area contributed by atoms with Gasteiger partial charge in [0.05, 0.1) is 5.41 Å². The van der Waals surface area contributed by atoms with Crippen molar-refractivity contribution in [2.75, 3.05) is 0 Å². The summed E-state index contributed by atoms with van der Waals surface area (Å²) in [7, 11) is 0. The van der Waals surface area contributed by atoms with Gasteiger partial charge in [0.25, 0.3) is 0 Å². The first kappa shape index (κ1) is 13.1. The van der Waals surface area contributed by atoms with Gasteiger partial charge in [-0.05, 0) is 41.3 Å². The molecule has 0 N–H and O–H groups in total. The third-order valence-electron chi connectivity index (χ3n) is 4.40. The van der Waals surface area contributed by atoms with Crippen molar-refractivity contribution in [2.45, 2.75) is 18.3 Å². The smallest absolute Gasteiger partial charge is 0.321 e. The van der Waals surface area contributed by atoms with Crippen LogP contribution in [-0.4, -0.2) is 5.97 Å². The molecule has 108 valence electrons. The molecule has 0 unspecified atom stereocenters. The van der Waals surface area contributed by atoms with E-state index < -0.39 is 5.41 Å². The molecule has 22 heavy (non-hydrogen) atoms. The molecule has 1 fully saturated rings. The summed E-state index contributed by atoms with van der Waals surface area (Å²) < 4.78 is 5.67. The highest BCUT2D eigenvalue weighted by Crippen LogP contribution is 2.49. The second kappa shape index (κ2) is 4.99. The minimum absolute atomic E-state index is 0.144. The van der Waals surface area contributed by atoms with Crippen molar-refractivity contribution in [2.24, 2.45) is 0 Å². The van der Waals surface area contributed by atoms with Gasteiger partial charge in [-0.2, -0.15) is 0 Å². The second-order valence-electron chi connectivity index (χ2n) is 5.85. The number of benzene rings is 3. The number of hydrogen-bond acceptors (Lipinski definition) is 2. The fourth-order valence-corrected chi connectivity index (χ4v) is 2.93. The highest BCUT2D eigenvalue weighted by atomic mass is 16.5. The van der Waals surface area contributed by atoms with Crippen LogP contribution in [-0.2, 0) is 10.2 Å². The van der Waals surface area contributed by atoms with Crippen LogP contribution in [0, 0.1) is 0 Å². The molecular weight excluding hydrogens is 272 g/mol. The monoisotopic (exact) mass is 288 g/mol. The third-order valence-corrected chi connectivity index (χ3v) is 4.40. The van der Waals surface area contributed by atoms with Crippen LogP contribution in [0.3, 0.4) is 0 Å². The summed E-state index contributed by atoms with van der Waals surface area (Å²) in [4.78, 5) is 12.6. The molecule has 1 aliphatic rings. The lowest BCUT2D eigenvalue weighted by Crippen LogP contribution is -2.25. The molecule has 0 aromatic heterocycles. The van der Waals surface area contributed by atoms with Crippen LogP contribution in [0.2, 0.25) is 0 Å². The highest BCUT2D eigenvalue weighted by Gasteiger charge is 2.52. The van der Waals surface area contributed by atoms with E-state index in [9.17, 15) is 4.79 Å². The van der Waals surface area contributed by atoms with E-state index >= 15 is 0 Å². The Labute approximate surface area is 129 Å². The molecule has 1 aliphatic carbocycles. The van der Waals surface area contributed by atoms with Crippen LogP contribution in [0.1, 0.15) is 18.4 Å². The van der Waals surface area contributed by atoms with Crippen molar-refractivity contribution in [3.63, 3.8) is 0 Å². The zero-order valence-electron chi connectivity index (χ0n) is 12.2. The zero-order valence-corrected chi connectivity index (χ0v) is 12.2. The van der Waals surface area contributed by atoms with Gasteiger partial charge in [0.1, 0.15) is 5.75 Å². The van der Waals surface area contributed by atoms with E-state index in [4.69, 9.17) is 4.74 Å². The molecule has 3 aromatic rings. The van der Waals surface area contributed by atoms with Crippen LogP contribution < -0.4 is 4.74 Å². The van der Waals surface area contributed by atoms with Crippen LogP contribution in [0.15, 0.2) is 72.8 Å². The molecule has 4 rings (SSSR count). The predicted molar refractivity (Wildman–Crippen MR) is 86.9 cm³/mol. The molecule has 0 bridgehead atoms. The summed E-state index contributed by atoms with van der Waals surface area (Å²) in [5.74, 6) is 0.472. The van der Waals surface area contributed by atoms with Crippen molar-refractivity contribution in [3.8, 4) is 5.75 Å². The number of carbonyl (C=O) groups is 1. The summed E-state index contributed by atoms with van der Waals surface area (Å²) in [5.41, 5.74) is 0.619. The Hall–Kier alpha value is -2.61. The second-order valence-corrected chi connectivity index (χ2v) is 5.85. The van der Waals surface area contributed by atoms with E-state index in [-0.39, 0.29) is 5.97 Å². The maximum absolute atomic E-state index is 12.6. The van der Waals surface area contributed by atoms with Gasteiger partial charge in [0, 0.05) is 0 Å². The quantitative estimate of drug-likeness (QED) is 0.525. The molecule has 2 nitrogen and oxygen atoms in total. The van der Waals surface area contributed by atoms with Gasteiger partial charge in [-0.25, -0.2) is 0 Å². The number of hydrogen-bond donors (Lipinski definition) is 0. The lowest BCUT2D eigenvalue weighted by Gasteiger charge is -2.14.